The summed E-state index contributed by atoms with van der Waals surface area (Å²) in [6, 6.07) is -4.58. The van der Waals surface area contributed by atoms with E-state index in [0.717, 1.165) is 0 Å². The summed E-state index contributed by atoms with van der Waals surface area (Å²) < 4.78 is 0. The number of hydrogen-bond donors (Lipinski definition) is 7. The average molecular weight is 487 g/mol. The number of rotatable bonds is 15. The van der Waals surface area contributed by atoms with E-state index in [1.165, 1.54) is 31.2 Å². The van der Waals surface area contributed by atoms with Crippen molar-refractivity contribution in [3.05, 3.63) is 18.2 Å². The molecule has 13 nitrogen and oxygen atoms in total. The van der Waals surface area contributed by atoms with E-state index in [1.807, 2.05) is 6.26 Å². The highest BCUT2D eigenvalue weighted by Gasteiger charge is 2.30. The highest BCUT2D eigenvalue weighted by atomic mass is 32.2. The molecule has 14 heteroatoms. The summed E-state index contributed by atoms with van der Waals surface area (Å²) in [6.45, 7) is 1.27. The van der Waals surface area contributed by atoms with E-state index in [-0.39, 0.29) is 12.8 Å². The van der Waals surface area contributed by atoms with Gasteiger partial charge in [-0.15, -0.1) is 0 Å². The Balaban J connectivity index is 2.98. The van der Waals surface area contributed by atoms with Crippen LogP contribution < -0.4 is 21.7 Å². The molecule has 184 valence electrons. The van der Waals surface area contributed by atoms with Crippen molar-refractivity contribution in [2.75, 3.05) is 12.0 Å². The Bertz CT molecular complexity index is 820. The van der Waals surface area contributed by atoms with Gasteiger partial charge in [-0.1, -0.05) is 0 Å². The van der Waals surface area contributed by atoms with Crippen LogP contribution in [0.5, 0.6) is 0 Å². The average Bonchev–Trinajstić information content (AvgIpc) is 3.26. The number of carbonyl (C=O) groups excluding carboxylic acids is 3. The maximum absolute atomic E-state index is 12.9. The van der Waals surface area contributed by atoms with Gasteiger partial charge in [-0.2, -0.15) is 11.8 Å². The zero-order valence-electron chi connectivity index (χ0n) is 18.4. The topological polar surface area (TPSA) is 217 Å². The van der Waals surface area contributed by atoms with Gasteiger partial charge < -0.3 is 36.9 Å². The number of nitrogens with two attached hydrogens (primary N) is 1. The number of carboxylic acid groups (broad SMARTS) is 2. The zero-order chi connectivity index (χ0) is 25.0. The number of thioether (sulfide) groups is 1. The van der Waals surface area contributed by atoms with Crippen molar-refractivity contribution in [3.8, 4) is 0 Å². The van der Waals surface area contributed by atoms with E-state index < -0.39 is 60.2 Å². The number of nitrogens with one attached hydrogen (secondary N) is 4. The van der Waals surface area contributed by atoms with E-state index in [2.05, 4.69) is 25.9 Å². The highest BCUT2D eigenvalue weighted by molar-refractivity contribution is 7.98. The minimum absolute atomic E-state index is 0.0449. The smallest absolute Gasteiger partial charge is 0.325 e. The summed E-state index contributed by atoms with van der Waals surface area (Å²) in [5.74, 6) is -4.01. The summed E-state index contributed by atoms with van der Waals surface area (Å²) in [6.07, 6.45) is 4.33. The molecular weight excluding hydrogens is 456 g/mol. The monoisotopic (exact) mass is 486 g/mol. The fourth-order valence-electron chi connectivity index (χ4n) is 2.66. The standard InChI is InChI=1S/C19H30N6O7S/c1-10(19(31)32)23-18(30)14(7-11-8-21-9-22-11)25-17(29)13(3-4-15(26)27)24-16(28)12(20)5-6-33-2/h8-10,12-14H,3-7,20H2,1-2H3,(H,21,22)(H,23,30)(H,24,28)(H,25,29)(H,26,27)(H,31,32). The first-order valence-corrected chi connectivity index (χ1v) is 11.5. The molecule has 0 aromatic carbocycles. The first-order valence-electron chi connectivity index (χ1n) is 10.1. The van der Waals surface area contributed by atoms with Gasteiger partial charge in [-0.25, -0.2) is 4.98 Å². The summed E-state index contributed by atoms with van der Waals surface area (Å²) in [5, 5.41) is 25.2. The number of aliphatic carboxylic acids is 2. The third kappa shape index (κ3) is 10.4. The van der Waals surface area contributed by atoms with Crippen LogP contribution >= 0.6 is 11.8 Å². The predicted molar refractivity (Wildman–Crippen MR) is 119 cm³/mol. The Morgan fingerprint density at radius 2 is 1.70 bits per heavy atom. The normalized spacial score (nSPS) is 14.4. The summed E-state index contributed by atoms with van der Waals surface area (Å²) in [5.41, 5.74) is 6.32. The van der Waals surface area contributed by atoms with Crippen LogP contribution in [0.1, 0.15) is 31.9 Å². The van der Waals surface area contributed by atoms with Gasteiger partial charge in [-0.05, 0) is 31.8 Å². The van der Waals surface area contributed by atoms with Crippen LogP contribution in [0.4, 0.5) is 0 Å². The van der Waals surface area contributed by atoms with Crippen LogP contribution in [0.15, 0.2) is 12.5 Å². The lowest BCUT2D eigenvalue weighted by molar-refractivity contribution is -0.141. The lowest BCUT2D eigenvalue weighted by Crippen LogP contribution is -2.57. The Kier molecular flexibility index (Phi) is 11.9. The molecule has 0 aliphatic heterocycles. The third-order valence-corrected chi connectivity index (χ3v) is 5.23. The van der Waals surface area contributed by atoms with Crippen molar-refractivity contribution in [1.29, 1.82) is 0 Å². The van der Waals surface area contributed by atoms with Gasteiger partial charge in [0.15, 0.2) is 0 Å². The molecule has 1 aromatic heterocycles. The predicted octanol–water partition coefficient (Wildman–Crippen LogP) is -1.54. The number of carbonyl (C=O) groups is 5. The molecular formula is C19H30N6O7S. The molecule has 8 N–H and O–H groups in total. The molecule has 0 spiro atoms. The summed E-state index contributed by atoms with van der Waals surface area (Å²) in [4.78, 5) is 66.6. The number of aromatic amines is 1. The van der Waals surface area contributed by atoms with Crippen LogP contribution in [-0.2, 0) is 30.4 Å². The van der Waals surface area contributed by atoms with Gasteiger partial charge in [0.25, 0.3) is 0 Å². The zero-order valence-corrected chi connectivity index (χ0v) is 19.2. The van der Waals surface area contributed by atoms with E-state index in [0.29, 0.717) is 17.9 Å². The Hall–Kier alpha value is -3.13. The van der Waals surface area contributed by atoms with Gasteiger partial charge in [-0.3, -0.25) is 24.0 Å². The molecule has 1 heterocycles. The van der Waals surface area contributed by atoms with E-state index in [1.54, 1.807) is 0 Å². The third-order valence-electron chi connectivity index (χ3n) is 4.59. The lowest BCUT2D eigenvalue weighted by Gasteiger charge is -2.24. The van der Waals surface area contributed by atoms with Crippen molar-refractivity contribution in [2.45, 2.75) is 56.8 Å². The first-order chi connectivity index (χ1) is 15.5. The van der Waals surface area contributed by atoms with E-state index >= 15 is 0 Å². The SMILES string of the molecule is CSCCC(N)C(=O)NC(CCC(=O)O)C(=O)NC(Cc1cnc[nH]1)C(=O)NC(C)C(=O)O. The molecule has 33 heavy (non-hydrogen) atoms. The number of carboxylic acids is 2. The second-order valence-electron chi connectivity index (χ2n) is 7.29. The van der Waals surface area contributed by atoms with E-state index in [9.17, 15) is 24.0 Å². The molecule has 0 saturated heterocycles. The Labute approximate surface area is 194 Å². The summed E-state index contributed by atoms with van der Waals surface area (Å²) >= 11 is 1.50. The fourth-order valence-corrected chi connectivity index (χ4v) is 3.15. The quantitative estimate of drug-likeness (QED) is 0.151. The molecule has 0 bridgehead atoms. The maximum Gasteiger partial charge on any atom is 0.325 e. The van der Waals surface area contributed by atoms with Crippen LogP contribution in [-0.4, -0.2) is 86.0 Å². The van der Waals surface area contributed by atoms with Crippen molar-refractivity contribution < 1.29 is 34.2 Å². The number of aromatic nitrogens is 2. The number of H-pyrrole nitrogens is 1. The number of amides is 3. The summed E-state index contributed by atoms with van der Waals surface area (Å²) in [7, 11) is 0. The van der Waals surface area contributed by atoms with Gasteiger partial charge in [0.2, 0.25) is 17.7 Å². The molecule has 1 rings (SSSR count). The molecule has 0 saturated carbocycles. The Morgan fingerprint density at radius 3 is 2.24 bits per heavy atom. The minimum Gasteiger partial charge on any atom is -0.481 e. The molecule has 3 amide bonds. The van der Waals surface area contributed by atoms with Crippen molar-refractivity contribution in [1.82, 2.24) is 25.9 Å². The lowest BCUT2D eigenvalue weighted by atomic mass is 10.1. The largest absolute Gasteiger partial charge is 0.481 e. The molecule has 4 atom stereocenters. The van der Waals surface area contributed by atoms with Crippen LogP contribution in [0, 0.1) is 0 Å². The van der Waals surface area contributed by atoms with Crippen molar-refractivity contribution in [2.24, 2.45) is 5.73 Å². The molecule has 0 radical (unpaired) electrons. The highest BCUT2D eigenvalue weighted by Crippen LogP contribution is 2.05. The molecule has 1 aromatic rings. The number of imidazole rings is 1. The van der Waals surface area contributed by atoms with Gasteiger partial charge >= 0.3 is 11.9 Å². The Morgan fingerprint density at radius 1 is 1.06 bits per heavy atom. The second-order valence-corrected chi connectivity index (χ2v) is 8.28. The molecule has 0 aliphatic rings. The van der Waals surface area contributed by atoms with Crippen LogP contribution in [0.3, 0.4) is 0 Å². The number of nitrogens with zero attached hydrogens (tertiary/aromatic N) is 1. The first kappa shape index (κ1) is 27.9. The van der Waals surface area contributed by atoms with Crippen LogP contribution in [0.25, 0.3) is 0 Å². The van der Waals surface area contributed by atoms with Gasteiger partial charge in [0, 0.05) is 24.7 Å². The van der Waals surface area contributed by atoms with E-state index in [4.69, 9.17) is 15.9 Å². The van der Waals surface area contributed by atoms with Gasteiger partial charge in [0.1, 0.15) is 18.1 Å². The fraction of sp³-hybridized carbons (Fsp3) is 0.579. The van der Waals surface area contributed by atoms with Crippen LogP contribution in [0.2, 0.25) is 0 Å². The molecule has 0 aliphatic carbocycles. The van der Waals surface area contributed by atoms with Crippen molar-refractivity contribution >= 4 is 41.4 Å². The minimum atomic E-state index is -1.26. The molecule has 4 unspecified atom stereocenters. The van der Waals surface area contributed by atoms with Crippen molar-refractivity contribution in [3.63, 3.8) is 0 Å². The second kappa shape index (κ2) is 14.1. The maximum atomic E-state index is 12.9. The van der Waals surface area contributed by atoms with Gasteiger partial charge in [0.05, 0.1) is 12.4 Å². The number of hydrogen-bond acceptors (Lipinski definition) is 8. The molecule has 0 fully saturated rings.